The molecule has 0 aliphatic heterocycles. The Kier molecular flexibility index (Phi) is 5.82. The number of carbonyl (C=O) groups is 1. The van der Waals surface area contributed by atoms with Gasteiger partial charge in [0.1, 0.15) is 0 Å². The fraction of sp³-hybridized carbons (Fsp3) is 0.278. The number of benzene rings is 2. The topological polar surface area (TPSA) is 29.1 Å². The summed E-state index contributed by atoms with van der Waals surface area (Å²) in [5, 5.41) is 3.66. The van der Waals surface area contributed by atoms with E-state index < -0.39 is 0 Å². The highest BCUT2D eigenvalue weighted by Crippen LogP contribution is 2.20. The second kappa shape index (κ2) is 7.84. The van der Waals surface area contributed by atoms with E-state index in [4.69, 9.17) is 11.6 Å². The molecule has 2 aromatic rings. The van der Waals surface area contributed by atoms with Crippen LogP contribution in [-0.4, -0.2) is 12.5 Å². The maximum atomic E-state index is 12.1. The summed E-state index contributed by atoms with van der Waals surface area (Å²) >= 11 is 5.83. The van der Waals surface area contributed by atoms with Crippen molar-refractivity contribution in [2.75, 3.05) is 6.54 Å². The molecular weight excluding hydrogens is 282 g/mol. The average molecular weight is 302 g/mol. The lowest BCUT2D eigenvalue weighted by Gasteiger charge is -2.17. The Morgan fingerprint density at radius 2 is 1.76 bits per heavy atom. The molecule has 2 nitrogen and oxygen atoms in total. The molecule has 0 spiro atoms. The van der Waals surface area contributed by atoms with E-state index >= 15 is 0 Å². The SMILES string of the molecule is CCCC(CNC(=O)c1ccc(Cl)cc1)c1ccccc1. The van der Waals surface area contributed by atoms with Crippen molar-refractivity contribution >= 4 is 17.5 Å². The van der Waals surface area contributed by atoms with E-state index in [0.717, 1.165) is 12.8 Å². The van der Waals surface area contributed by atoms with Gasteiger partial charge in [0.25, 0.3) is 5.91 Å². The lowest BCUT2D eigenvalue weighted by Crippen LogP contribution is -2.28. The van der Waals surface area contributed by atoms with Crippen molar-refractivity contribution in [3.63, 3.8) is 0 Å². The molecule has 0 bridgehead atoms. The van der Waals surface area contributed by atoms with Crippen LogP contribution in [-0.2, 0) is 0 Å². The van der Waals surface area contributed by atoms with E-state index in [9.17, 15) is 4.79 Å². The molecule has 1 N–H and O–H groups in total. The standard InChI is InChI=1S/C18H20ClNO/c1-2-6-16(14-7-4-3-5-8-14)13-20-18(21)15-9-11-17(19)12-10-15/h3-5,7-12,16H,2,6,13H2,1H3,(H,20,21). The molecule has 1 unspecified atom stereocenters. The molecule has 21 heavy (non-hydrogen) atoms. The summed E-state index contributed by atoms with van der Waals surface area (Å²) in [6, 6.07) is 17.3. The van der Waals surface area contributed by atoms with Crippen molar-refractivity contribution in [2.24, 2.45) is 0 Å². The van der Waals surface area contributed by atoms with Gasteiger partial charge in [-0.25, -0.2) is 0 Å². The lowest BCUT2D eigenvalue weighted by molar-refractivity contribution is 0.0950. The Balaban J connectivity index is 1.98. The van der Waals surface area contributed by atoms with Crippen LogP contribution in [0, 0.1) is 0 Å². The largest absolute Gasteiger partial charge is 0.351 e. The van der Waals surface area contributed by atoms with Gasteiger partial charge in [-0.2, -0.15) is 0 Å². The highest BCUT2D eigenvalue weighted by atomic mass is 35.5. The third-order valence-electron chi connectivity index (χ3n) is 3.52. The van der Waals surface area contributed by atoms with Crippen molar-refractivity contribution in [3.05, 3.63) is 70.7 Å². The van der Waals surface area contributed by atoms with E-state index in [0.29, 0.717) is 23.0 Å². The number of rotatable bonds is 6. The van der Waals surface area contributed by atoms with Crippen molar-refractivity contribution in [1.82, 2.24) is 5.32 Å². The first kappa shape index (κ1) is 15.6. The van der Waals surface area contributed by atoms with Gasteiger partial charge in [0.15, 0.2) is 0 Å². The molecule has 0 aliphatic rings. The number of hydrogen-bond donors (Lipinski definition) is 1. The fourth-order valence-corrected chi connectivity index (χ4v) is 2.51. The zero-order valence-corrected chi connectivity index (χ0v) is 12.9. The van der Waals surface area contributed by atoms with Gasteiger partial charge in [-0.15, -0.1) is 0 Å². The molecule has 2 rings (SSSR count). The van der Waals surface area contributed by atoms with Gasteiger partial charge in [0.05, 0.1) is 0 Å². The predicted octanol–water partition coefficient (Wildman–Crippen LogP) is 4.65. The fourth-order valence-electron chi connectivity index (χ4n) is 2.38. The van der Waals surface area contributed by atoms with Crippen molar-refractivity contribution in [3.8, 4) is 0 Å². The van der Waals surface area contributed by atoms with Crippen molar-refractivity contribution < 1.29 is 4.79 Å². The van der Waals surface area contributed by atoms with Gasteiger partial charge in [-0.05, 0) is 36.2 Å². The zero-order valence-electron chi connectivity index (χ0n) is 12.2. The van der Waals surface area contributed by atoms with Gasteiger partial charge in [0, 0.05) is 23.0 Å². The second-order valence-corrected chi connectivity index (χ2v) is 5.55. The summed E-state index contributed by atoms with van der Waals surface area (Å²) < 4.78 is 0. The summed E-state index contributed by atoms with van der Waals surface area (Å²) in [6.45, 7) is 2.82. The van der Waals surface area contributed by atoms with Gasteiger partial charge in [0.2, 0.25) is 0 Å². The first-order valence-corrected chi connectivity index (χ1v) is 7.67. The third-order valence-corrected chi connectivity index (χ3v) is 3.78. The third kappa shape index (κ3) is 4.61. The molecule has 0 aliphatic carbocycles. The Bertz CT molecular complexity index is 566. The summed E-state index contributed by atoms with van der Waals surface area (Å²) in [5.41, 5.74) is 1.92. The van der Waals surface area contributed by atoms with E-state index in [1.165, 1.54) is 5.56 Å². The first-order valence-electron chi connectivity index (χ1n) is 7.29. The molecule has 1 amide bonds. The van der Waals surface area contributed by atoms with Gasteiger partial charge in [-0.3, -0.25) is 4.79 Å². The minimum Gasteiger partial charge on any atom is -0.351 e. The highest BCUT2D eigenvalue weighted by Gasteiger charge is 2.12. The minimum atomic E-state index is -0.0521. The Morgan fingerprint density at radius 1 is 1.10 bits per heavy atom. The molecule has 0 aromatic heterocycles. The maximum Gasteiger partial charge on any atom is 0.251 e. The van der Waals surface area contributed by atoms with E-state index in [-0.39, 0.29) is 5.91 Å². The van der Waals surface area contributed by atoms with Gasteiger partial charge in [-0.1, -0.05) is 55.3 Å². The predicted molar refractivity (Wildman–Crippen MR) is 87.9 cm³/mol. The maximum absolute atomic E-state index is 12.1. The molecule has 0 heterocycles. The molecule has 0 saturated heterocycles. The van der Waals surface area contributed by atoms with Crippen LogP contribution in [0.15, 0.2) is 54.6 Å². The average Bonchev–Trinajstić information content (AvgIpc) is 2.52. The number of amides is 1. The molecule has 0 radical (unpaired) electrons. The summed E-state index contributed by atoms with van der Waals surface area (Å²) in [6.07, 6.45) is 2.15. The summed E-state index contributed by atoms with van der Waals surface area (Å²) in [5.74, 6) is 0.302. The Morgan fingerprint density at radius 3 is 2.38 bits per heavy atom. The second-order valence-electron chi connectivity index (χ2n) is 5.11. The van der Waals surface area contributed by atoms with Crippen LogP contribution >= 0.6 is 11.6 Å². The van der Waals surface area contributed by atoms with E-state index in [1.54, 1.807) is 24.3 Å². The molecule has 2 aromatic carbocycles. The minimum absolute atomic E-state index is 0.0521. The quantitative estimate of drug-likeness (QED) is 0.826. The summed E-state index contributed by atoms with van der Waals surface area (Å²) in [7, 11) is 0. The van der Waals surface area contributed by atoms with Crippen molar-refractivity contribution in [1.29, 1.82) is 0 Å². The lowest BCUT2D eigenvalue weighted by atomic mass is 9.94. The molecule has 0 saturated carbocycles. The van der Waals surface area contributed by atoms with Crippen LogP contribution in [0.2, 0.25) is 5.02 Å². The molecule has 1 atom stereocenters. The van der Waals surface area contributed by atoms with Crippen LogP contribution in [0.5, 0.6) is 0 Å². The smallest absolute Gasteiger partial charge is 0.251 e. The number of nitrogens with one attached hydrogen (secondary N) is 1. The molecule has 110 valence electrons. The summed E-state index contributed by atoms with van der Waals surface area (Å²) in [4.78, 5) is 12.1. The Labute approximate surface area is 131 Å². The highest BCUT2D eigenvalue weighted by molar-refractivity contribution is 6.30. The molecule has 3 heteroatoms. The van der Waals surface area contributed by atoms with Crippen LogP contribution in [0.1, 0.15) is 41.6 Å². The van der Waals surface area contributed by atoms with E-state index in [1.807, 2.05) is 18.2 Å². The van der Waals surface area contributed by atoms with Crippen LogP contribution in [0.25, 0.3) is 0 Å². The normalized spacial score (nSPS) is 11.9. The molecule has 0 fully saturated rings. The van der Waals surface area contributed by atoms with Crippen LogP contribution in [0.3, 0.4) is 0 Å². The Hall–Kier alpha value is -1.80. The van der Waals surface area contributed by atoms with Gasteiger partial charge >= 0.3 is 0 Å². The number of carbonyl (C=O) groups excluding carboxylic acids is 1. The van der Waals surface area contributed by atoms with Gasteiger partial charge < -0.3 is 5.32 Å². The first-order chi connectivity index (χ1) is 10.2. The number of halogens is 1. The van der Waals surface area contributed by atoms with E-state index in [2.05, 4.69) is 24.4 Å². The number of hydrogen-bond acceptors (Lipinski definition) is 1. The van der Waals surface area contributed by atoms with Crippen LogP contribution in [0.4, 0.5) is 0 Å². The van der Waals surface area contributed by atoms with Crippen molar-refractivity contribution in [2.45, 2.75) is 25.7 Å². The molecular formula is C18H20ClNO. The van der Waals surface area contributed by atoms with Crippen LogP contribution < -0.4 is 5.32 Å². The zero-order chi connectivity index (χ0) is 15.1. The monoisotopic (exact) mass is 301 g/mol.